The van der Waals surface area contributed by atoms with E-state index in [9.17, 15) is 4.39 Å². The van der Waals surface area contributed by atoms with Gasteiger partial charge in [-0.1, -0.05) is 31.1 Å². The van der Waals surface area contributed by atoms with Crippen molar-refractivity contribution >= 4 is 17.0 Å². The molecule has 0 saturated heterocycles. The standard InChI is InChI=1S/C29H38FN5/c1-19-17-23(8-10-27(19)30)33-28-11-14-32-29(20(2)34-31)25-9-7-22(18-26(25)28)21-12-15-35(16-13-21)24-5-3-4-6-24/h7-10,12,17-18,24,28,32-34H,3-6,11,13-16,31H2,1-2H3/b29-20-. The van der Waals surface area contributed by atoms with Gasteiger partial charge in [-0.2, -0.15) is 0 Å². The number of nitrogens with two attached hydrogens (primary N) is 1. The van der Waals surface area contributed by atoms with Crippen molar-refractivity contribution in [1.82, 2.24) is 15.6 Å². The summed E-state index contributed by atoms with van der Waals surface area (Å²) in [4.78, 5) is 2.67. The molecule has 5 rings (SSSR count). The molecule has 0 aromatic heterocycles. The van der Waals surface area contributed by atoms with Gasteiger partial charge in [0.25, 0.3) is 0 Å². The molecule has 0 bridgehead atoms. The molecule has 1 aliphatic carbocycles. The second-order valence-corrected chi connectivity index (χ2v) is 10.2. The number of allylic oxidation sites excluding steroid dienone is 1. The Balaban J connectivity index is 1.47. The highest BCUT2D eigenvalue weighted by Crippen LogP contribution is 2.36. The monoisotopic (exact) mass is 475 g/mol. The van der Waals surface area contributed by atoms with Crippen molar-refractivity contribution < 1.29 is 4.39 Å². The Morgan fingerprint density at radius 1 is 1.11 bits per heavy atom. The van der Waals surface area contributed by atoms with E-state index in [-0.39, 0.29) is 11.9 Å². The molecule has 2 aromatic rings. The van der Waals surface area contributed by atoms with Crippen molar-refractivity contribution in [3.05, 3.63) is 76.2 Å². The van der Waals surface area contributed by atoms with Crippen LogP contribution in [0, 0.1) is 12.7 Å². The molecule has 1 atom stereocenters. The molecule has 0 spiro atoms. The highest BCUT2D eigenvalue weighted by Gasteiger charge is 2.26. The molecule has 3 aliphatic rings. The number of halogens is 1. The zero-order chi connectivity index (χ0) is 24.4. The topological polar surface area (TPSA) is 65.3 Å². The van der Waals surface area contributed by atoms with Gasteiger partial charge in [0.2, 0.25) is 0 Å². The highest BCUT2D eigenvalue weighted by atomic mass is 19.1. The smallest absolute Gasteiger partial charge is 0.126 e. The second-order valence-electron chi connectivity index (χ2n) is 10.2. The first-order chi connectivity index (χ1) is 17.0. The van der Waals surface area contributed by atoms with Gasteiger partial charge in [-0.15, -0.1) is 0 Å². The van der Waals surface area contributed by atoms with E-state index in [4.69, 9.17) is 5.84 Å². The lowest BCUT2D eigenvalue weighted by molar-refractivity contribution is 0.219. The number of benzene rings is 2. The molecule has 2 heterocycles. The lowest BCUT2D eigenvalue weighted by atomic mass is 9.90. The molecule has 2 aliphatic heterocycles. The Morgan fingerprint density at radius 3 is 2.66 bits per heavy atom. The van der Waals surface area contributed by atoms with Crippen LogP contribution in [-0.2, 0) is 0 Å². The summed E-state index contributed by atoms with van der Waals surface area (Å²) in [5.41, 5.74) is 11.5. The van der Waals surface area contributed by atoms with Crippen molar-refractivity contribution in [1.29, 1.82) is 0 Å². The lowest BCUT2D eigenvalue weighted by Gasteiger charge is -2.32. The Labute approximate surface area is 208 Å². The third kappa shape index (κ3) is 5.09. The van der Waals surface area contributed by atoms with E-state index in [1.54, 1.807) is 6.07 Å². The molecule has 5 N–H and O–H groups in total. The SMILES string of the molecule is C/C(NN)=C1/NCCC(Nc2ccc(F)c(C)c2)c2cc(C3=CCN(C4CCCC4)CC3)ccc21. The van der Waals surface area contributed by atoms with E-state index in [1.165, 1.54) is 42.4 Å². The van der Waals surface area contributed by atoms with Crippen LogP contribution in [0.2, 0.25) is 0 Å². The van der Waals surface area contributed by atoms with E-state index < -0.39 is 0 Å². The summed E-state index contributed by atoms with van der Waals surface area (Å²) >= 11 is 0. The largest absolute Gasteiger partial charge is 0.383 e. The summed E-state index contributed by atoms with van der Waals surface area (Å²) in [5, 5.41) is 7.26. The molecule has 5 nitrogen and oxygen atoms in total. The lowest BCUT2D eigenvalue weighted by Crippen LogP contribution is -2.36. The fourth-order valence-electron chi connectivity index (χ4n) is 5.91. The van der Waals surface area contributed by atoms with Crippen molar-refractivity contribution in [3.63, 3.8) is 0 Å². The van der Waals surface area contributed by atoms with Crippen LogP contribution in [0.5, 0.6) is 0 Å². The highest BCUT2D eigenvalue weighted by molar-refractivity contribution is 5.75. The average Bonchev–Trinajstić information content (AvgIpc) is 3.36. The van der Waals surface area contributed by atoms with Crippen molar-refractivity contribution in [2.75, 3.05) is 25.0 Å². The number of anilines is 1. The van der Waals surface area contributed by atoms with Gasteiger partial charge in [0.15, 0.2) is 0 Å². The Bertz CT molecular complexity index is 1130. The maximum absolute atomic E-state index is 13.9. The number of hydrogen-bond donors (Lipinski definition) is 4. The summed E-state index contributed by atoms with van der Waals surface area (Å²) < 4.78 is 13.9. The minimum atomic E-state index is -0.175. The summed E-state index contributed by atoms with van der Waals surface area (Å²) in [6, 6.07) is 13.0. The fourth-order valence-corrected chi connectivity index (χ4v) is 5.91. The van der Waals surface area contributed by atoms with Gasteiger partial charge in [0.05, 0.1) is 11.7 Å². The molecule has 0 amide bonds. The van der Waals surface area contributed by atoms with Crippen molar-refractivity contribution in [2.24, 2.45) is 5.84 Å². The van der Waals surface area contributed by atoms with E-state index in [0.29, 0.717) is 5.56 Å². The molecule has 1 fully saturated rings. The number of fused-ring (bicyclic) bond motifs is 1. The number of hydrogen-bond acceptors (Lipinski definition) is 5. The first-order valence-corrected chi connectivity index (χ1v) is 13.1. The predicted molar refractivity (Wildman–Crippen MR) is 143 cm³/mol. The van der Waals surface area contributed by atoms with Crippen LogP contribution in [0.3, 0.4) is 0 Å². The molecular formula is C29H38FN5. The Hall–Kier alpha value is -2.83. The number of hydrazine groups is 1. The summed E-state index contributed by atoms with van der Waals surface area (Å²) in [7, 11) is 0. The van der Waals surface area contributed by atoms with Crippen LogP contribution in [0.1, 0.15) is 73.7 Å². The van der Waals surface area contributed by atoms with Crippen LogP contribution in [0.4, 0.5) is 10.1 Å². The van der Waals surface area contributed by atoms with Gasteiger partial charge < -0.3 is 16.1 Å². The van der Waals surface area contributed by atoms with E-state index in [2.05, 4.69) is 45.2 Å². The normalized spacial score (nSPS) is 22.6. The molecule has 2 aromatic carbocycles. The zero-order valence-corrected chi connectivity index (χ0v) is 21.0. The average molecular weight is 476 g/mol. The zero-order valence-electron chi connectivity index (χ0n) is 21.0. The third-order valence-electron chi connectivity index (χ3n) is 7.97. The van der Waals surface area contributed by atoms with E-state index in [1.807, 2.05) is 26.0 Å². The molecule has 0 radical (unpaired) electrons. The van der Waals surface area contributed by atoms with Gasteiger partial charge in [0.1, 0.15) is 5.82 Å². The van der Waals surface area contributed by atoms with Crippen molar-refractivity contribution in [2.45, 2.75) is 64.5 Å². The minimum Gasteiger partial charge on any atom is -0.383 e. The van der Waals surface area contributed by atoms with Gasteiger partial charge >= 0.3 is 0 Å². The number of nitrogens with zero attached hydrogens (tertiary/aromatic N) is 1. The molecule has 1 saturated carbocycles. The molecular weight excluding hydrogens is 437 g/mol. The third-order valence-corrected chi connectivity index (χ3v) is 7.97. The summed E-state index contributed by atoms with van der Waals surface area (Å²) in [5.74, 6) is 5.62. The Kier molecular flexibility index (Phi) is 7.12. The molecule has 6 heteroatoms. The Morgan fingerprint density at radius 2 is 1.94 bits per heavy atom. The first-order valence-electron chi connectivity index (χ1n) is 13.1. The fraction of sp³-hybridized carbons (Fsp3) is 0.448. The van der Waals surface area contributed by atoms with Gasteiger partial charge in [-0.25, -0.2) is 4.39 Å². The van der Waals surface area contributed by atoms with Crippen LogP contribution in [0.15, 0.2) is 48.2 Å². The summed E-state index contributed by atoms with van der Waals surface area (Å²) in [6.45, 7) is 6.82. The number of nitrogens with one attached hydrogen (secondary N) is 3. The molecule has 35 heavy (non-hydrogen) atoms. The van der Waals surface area contributed by atoms with Crippen LogP contribution < -0.4 is 21.9 Å². The van der Waals surface area contributed by atoms with Crippen molar-refractivity contribution in [3.8, 4) is 0 Å². The maximum atomic E-state index is 13.9. The van der Waals surface area contributed by atoms with Gasteiger partial charge in [-0.05, 0) is 86.1 Å². The van der Waals surface area contributed by atoms with E-state index >= 15 is 0 Å². The van der Waals surface area contributed by atoms with E-state index in [0.717, 1.165) is 61.2 Å². The molecule has 1 unspecified atom stereocenters. The summed E-state index contributed by atoms with van der Waals surface area (Å²) in [6.07, 6.45) is 9.91. The second kappa shape index (κ2) is 10.4. The predicted octanol–water partition coefficient (Wildman–Crippen LogP) is 5.46. The van der Waals surface area contributed by atoms with Crippen LogP contribution >= 0.6 is 0 Å². The van der Waals surface area contributed by atoms with Crippen LogP contribution in [-0.4, -0.2) is 30.6 Å². The quantitative estimate of drug-likeness (QED) is 0.341. The maximum Gasteiger partial charge on any atom is 0.126 e. The first kappa shape index (κ1) is 23.9. The van der Waals surface area contributed by atoms with Crippen LogP contribution in [0.25, 0.3) is 11.3 Å². The minimum absolute atomic E-state index is 0.101. The molecule has 186 valence electrons. The number of rotatable bonds is 5. The number of aryl methyl sites for hydroxylation is 1. The van der Waals surface area contributed by atoms with Gasteiger partial charge in [-0.3, -0.25) is 10.7 Å². The van der Waals surface area contributed by atoms with Gasteiger partial charge in [0, 0.05) is 42.6 Å².